The Morgan fingerprint density at radius 3 is 2.67 bits per heavy atom. The first-order chi connectivity index (χ1) is 15.9. The number of nitro benzene ring substituents is 1. The van der Waals surface area contributed by atoms with E-state index in [1.54, 1.807) is 29.4 Å². The summed E-state index contributed by atoms with van der Waals surface area (Å²) in [5.74, 6) is -0.198. The van der Waals surface area contributed by atoms with Gasteiger partial charge in [0.2, 0.25) is 0 Å². The van der Waals surface area contributed by atoms with Gasteiger partial charge in [0.25, 0.3) is 11.6 Å². The number of nitrogens with zero attached hydrogens (tertiary/aromatic N) is 4. The fourth-order valence-corrected chi connectivity index (χ4v) is 5.63. The molecule has 0 unspecified atom stereocenters. The van der Waals surface area contributed by atoms with E-state index in [9.17, 15) is 14.9 Å². The summed E-state index contributed by atoms with van der Waals surface area (Å²) >= 11 is 2.79. The van der Waals surface area contributed by atoms with Crippen molar-refractivity contribution in [2.45, 2.75) is 20.4 Å². The molecule has 0 saturated carbocycles. The number of fused-ring (bicyclic) bond motifs is 2. The fourth-order valence-electron chi connectivity index (χ4n) is 3.61. The molecule has 0 radical (unpaired) electrons. The number of carbonyl (C=O) groups excluding carboxylic acids is 1. The minimum absolute atomic E-state index is 0.00327. The lowest BCUT2D eigenvalue weighted by atomic mass is 10.1. The van der Waals surface area contributed by atoms with Crippen LogP contribution >= 0.6 is 22.7 Å². The van der Waals surface area contributed by atoms with E-state index in [2.05, 4.69) is 11.1 Å². The standard InChI is InChI=1S/C24H18N4O3S2/c1-14-5-7-20-22(15(14)2)26-24(33-20)27(13-16-4-3-9-25-12-16)23(29)21-11-17-10-18(28(30)31)6-8-19(17)32-21/h3-12H,13H2,1-2H3. The van der Waals surface area contributed by atoms with Crippen molar-refractivity contribution in [3.05, 3.63) is 92.6 Å². The number of benzene rings is 2. The maximum atomic E-state index is 13.7. The average Bonchev–Trinajstić information content (AvgIpc) is 3.44. The number of carbonyl (C=O) groups is 1. The van der Waals surface area contributed by atoms with E-state index < -0.39 is 4.92 Å². The Labute approximate surface area is 197 Å². The van der Waals surface area contributed by atoms with E-state index in [1.807, 2.05) is 32.0 Å². The first-order valence-corrected chi connectivity index (χ1v) is 11.8. The van der Waals surface area contributed by atoms with Crippen LogP contribution < -0.4 is 4.90 Å². The smallest absolute Gasteiger partial charge is 0.270 e. The molecule has 0 N–H and O–H groups in total. The van der Waals surface area contributed by atoms with Gasteiger partial charge in [0.15, 0.2) is 5.13 Å². The molecule has 3 aromatic heterocycles. The van der Waals surface area contributed by atoms with Gasteiger partial charge in [-0.1, -0.05) is 23.5 Å². The fraction of sp³-hybridized carbons (Fsp3) is 0.125. The van der Waals surface area contributed by atoms with E-state index in [4.69, 9.17) is 4.98 Å². The van der Waals surface area contributed by atoms with E-state index in [0.717, 1.165) is 31.6 Å². The summed E-state index contributed by atoms with van der Waals surface area (Å²) in [5, 5.41) is 12.4. The molecule has 7 nitrogen and oxygen atoms in total. The van der Waals surface area contributed by atoms with Crippen molar-refractivity contribution in [3.63, 3.8) is 0 Å². The van der Waals surface area contributed by atoms with Crippen LogP contribution in [0.2, 0.25) is 0 Å². The predicted octanol–water partition coefficient (Wildman–Crippen LogP) is 6.28. The monoisotopic (exact) mass is 474 g/mol. The molecule has 5 rings (SSSR count). The van der Waals surface area contributed by atoms with Crippen LogP contribution in [0.15, 0.2) is 60.9 Å². The van der Waals surface area contributed by atoms with E-state index in [0.29, 0.717) is 21.9 Å². The van der Waals surface area contributed by atoms with E-state index in [-0.39, 0.29) is 11.6 Å². The summed E-state index contributed by atoms with van der Waals surface area (Å²) < 4.78 is 1.84. The van der Waals surface area contributed by atoms with Gasteiger partial charge in [-0.3, -0.25) is 24.8 Å². The molecule has 0 spiro atoms. The van der Waals surface area contributed by atoms with Gasteiger partial charge in [-0.15, -0.1) is 11.3 Å². The van der Waals surface area contributed by atoms with E-state index in [1.165, 1.54) is 34.8 Å². The molecule has 3 heterocycles. The molecular weight excluding hydrogens is 456 g/mol. The highest BCUT2D eigenvalue weighted by Gasteiger charge is 2.24. The normalized spacial score (nSPS) is 11.2. The van der Waals surface area contributed by atoms with Crippen molar-refractivity contribution < 1.29 is 9.72 Å². The van der Waals surface area contributed by atoms with Crippen LogP contribution in [0, 0.1) is 24.0 Å². The zero-order valence-electron chi connectivity index (χ0n) is 17.8. The number of amides is 1. The molecule has 1 amide bonds. The number of hydrogen-bond acceptors (Lipinski definition) is 7. The van der Waals surface area contributed by atoms with Gasteiger partial charge in [-0.2, -0.15) is 0 Å². The number of thiophene rings is 1. The Morgan fingerprint density at radius 1 is 1.09 bits per heavy atom. The molecule has 0 fully saturated rings. The number of rotatable bonds is 5. The number of thiazole rings is 1. The quantitative estimate of drug-likeness (QED) is 0.221. The number of non-ortho nitro benzene ring substituents is 1. The molecule has 0 atom stereocenters. The molecule has 33 heavy (non-hydrogen) atoms. The van der Waals surface area contributed by atoms with Crippen molar-refractivity contribution in [2.24, 2.45) is 0 Å². The molecule has 5 aromatic rings. The average molecular weight is 475 g/mol. The van der Waals surface area contributed by atoms with Crippen molar-refractivity contribution in [1.82, 2.24) is 9.97 Å². The molecule has 0 saturated heterocycles. The Hall–Kier alpha value is -3.69. The summed E-state index contributed by atoms with van der Waals surface area (Å²) in [7, 11) is 0. The van der Waals surface area contributed by atoms with Gasteiger partial charge in [0.05, 0.1) is 26.6 Å². The van der Waals surface area contributed by atoms with Crippen LogP contribution in [0.5, 0.6) is 0 Å². The van der Waals surface area contributed by atoms with Crippen molar-refractivity contribution in [1.29, 1.82) is 0 Å². The lowest BCUT2D eigenvalue weighted by Gasteiger charge is -2.19. The second-order valence-electron chi connectivity index (χ2n) is 7.69. The largest absolute Gasteiger partial charge is 0.279 e. The summed E-state index contributed by atoms with van der Waals surface area (Å²) in [6, 6.07) is 14.2. The Kier molecular flexibility index (Phi) is 5.35. The predicted molar refractivity (Wildman–Crippen MR) is 132 cm³/mol. The molecule has 0 bridgehead atoms. The topological polar surface area (TPSA) is 89.2 Å². The molecule has 164 valence electrons. The first kappa shape index (κ1) is 21.2. The van der Waals surface area contributed by atoms with Gasteiger partial charge in [0, 0.05) is 34.6 Å². The second kappa shape index (κ2) is 8.34. The number of hydrogen-bond donors (Lipinski definition) is 0. The van der Waals surface area contributed by atoms with Crippen LogP contribution in [0.1, 0.15) is 26.4 Å². The van der Waals surface area contributed by atoms with Crippen LogP contribution in [0.25, 0.3) is 20.3 Å². The van der Waals surface area contributed by atoms with Crippen molar-refractivity contribution in [2.75, 3.05) is 4.90 Å². The Morgan fingerprint density at radius 2 is 1.91 bits per heavy atom. The third-order valence-electron chi connectivity index (χ3n) is 5.53. The van der Waals surface area contributed by atoms with Crippen molar-refractivity contribution >= 4 is 59.7 Å². The summed E-state index contributed by atoms with van der Waals surface area (Å²) in [4.78, 5) is 35.6. The third-order valence-corrected chi connectivity index (χ3v) is 7.68. The van der Waals surface area contributed by atoms with Gasteiger partial charge in [0.1, 0.15) is 0 Å². The molecule has 9 heteroatoms. The van der Waals surface area contributed by atoms with Gasteiger partial charge in [-0.25, -0.2) is 4.98 Å². The van der Waals surface area contributed by atoms with Crippen LogP contribution in [0.3, 0.4) is 0 Å². The number of aryl methyl sites for hydroxylation is 2. The highest BCUT2D eigenvalue weighted by Crippen LogP contribution is 2.35. The first-order valence-electron chi connectivity index (χ1n) is 10.2. The zero-order valence-corrected chi connectivity index (χ0v) is 19.4. The maximum absolute atomic E-state index is 13.7. The van der Waals surface area contributed by atoms with E-state index >= 15 is 0 Å². The minimum atomic E-state index is -0.432. The third kappa shape index (κ3) is 3.96. The number of pyridine rings is 1. The molecule has 0 aliphatic carbocycles. The SMILES string of the molecule is Cc1ccc2sc(N(Cc3cccnc3)C(=O)c3cc4cc([N+](=O)[O-])ccc4s3)nc2c1C. The number of nitro groups is 1. The number of aromatic nitrogens is 2. The highest BCUT2D eigenvalue weighted by atomic mass is 32.1. The Bertz CT molecular complexity index is 1530. The lowest BCUT2D eigenvalue weighted by molar-refractivity contribution is -0.384. The number of anilines is 1. The Balaban J connectivity index is 1.60. The lowest BCUT2D eigenvalue weighted by Crippen LogP contribution is -2.29. The molecule has 2 aromatic carbocycles. The van der Waals surface area contributed by atoms with Gasteiger partial charge >= 0.3 is 0 Å². The maximum Gasteiger partial charge on any atom is 0.270 e. The van der Waals surface area contributed by atoms with Crippen LogP contribution in [-0.4, -0.2) is 20.8 Å². The second-order valence-corrected chi connectivity index (χ2v) is 9.79. The van der Waals surface area contributed by atoms with Gasteiger partial charge < -0.3 is 0 Å². The molecule has 0 aliphatic heterocycles. The van der Waals surface area contributed by atoms with Crippen molar-refractivity contribution in [3.8, 4) is 0 Å². The van der Waals surface area contributed by atoms with Gasteiger partial charge in [-0.05, 0) is 54.8 Å². The molecule has 0 aliphatic rings. The molecular formula is C24H18N4O3S2. The highest BCUT2D eigenvalue weighted by molar-refractivity contribution is 7.23. The minimum Gasteiger partial charge on any atom is -0.279 e. The summed E-state index contributed by atoms with van der Waals surface area (Å²) in [5.41, 5.74) is 4.03. The zero-order chi connectivity index (χ0) is 23.1. The summed E-state index contributed by atoms with van der Waals surface area (Å²) in [6.45, 7) is 4.40. The van der Waals surface area contributed by atoms with Crippen LogP contribution in [0.4, 0.5) is 10.8 Å². The summed E-state index contributed by atoms with van der Waals surface area (Å²) in [6.07, 6.45) is 3.43. The van der Waals surface area contributed by atoms with Crippen LogP contribution in [-0.2, 0) is 6.54 Å².